The first-order chi connectivity index (χ1) is 17.0. The summed E-state index contributed by atoms with van der Waals surface area (Å²) in [6.07, 6.45) is 1.27. The molecule has 194 valence electrons. The molecule has 0 aromatic heterocycles. The number of nitrogens with zero attached hydrogens (tertiary/aromatic N) is 2. The minimum absolute atomic E-state index is 0.0278. The van der Waals surface area contributed by atoms with Gasteiger partial charge in [0.1, 0.15) is 17.4 Å². The van der Waals surface area contributed by atoms with Crippen molar-refractivity contribution in [3.8, 4) is 5.75 Å². The van der Waals surface area contributed by atoms with Crippen molar-refractivity contribution in [1.29, 1.82) is 0 Å². The molecule has 1 aromatic rings. The summed E-state index contributed by atoms with van der Waals surface area (Å²) >= 11 is 0. The third-order valence-electron chi connectivity index (χ3n) is 6.30. The van der Waals surface area contributed by atoms with Crippen LogP contribution in [0.1, 0.15) is 67.2 Å². The molecule has 0 radical (unpaired) electrons. The number of ether oxygens (including phenoxy) is 2. The maximum absolute atomic E-state index is 13.1. The number of amides is 5. The Morgan fingerprint density at radius 1 is 1.14 bits per heavy atom. The Labute approximate surface area is 209 Å². The molecule has 3 aliphatic rings. The standard InChI is InChI=1S/C25H32N4O7/c1-25(2,3)36-24(34)26-15-10-12-28(14-15)11-5-13-35-18-7-4-6-16-20(18)23(33)29(22(16)32)17-8-9-19(30)27-21(17)31/h4,6-7,15,17H,5,8-14H2,1-3H3,(H,26,34)(H,27,30,31)/t15-,17?/m0/s1. The number of nitrogens with one attached hydrogen (secondary N) is 2. The van der Waals surface area contributed by atoms with Crippen molar-refractivity contribution >= 4 is 29.7 Å². The summed E-state index contributed by atoms with van der Waals surface area (Å²) in [6.45, 7) is 8.11. The second-order valence-electron chi connectivity index (χ2n) is 10.3. The van der Waals surface area contributed by atoms with E-state index in [0.717, 1.165) is 24.4 Å². The van der Waals surface area contributed by atoms with E-state index < -0.39 is 41.4 Å². The maximum atomic E-state index is 13.1. The minimum Gasteiger partial charge on any atom is -0.493 e. The SMILES string of the molecule is CC(C)(C)OC(=O)N[C@H]1CCN(CCCOc2cccc3c2C(=O)N(C2CCC(=O)NC2=O)C3=O)C1. The van der Waals surface area contributed by atoms with Crippen LogP contribution in [-0.4, -0.2) is 83.4 Å². The smallest absolute Gasteiger partial charge is 0.407 e. The van der Waals surface area contributed by atoms with Crippen LogP contribution in [-0.2, 0) is 14.3 Å². The molecule has 5 amide bonds. The van der Waals surface area contributed by atoms with Gasteiger partial charge >= 0.3 is 6.09 Å². The van der Waals surface area contributed by atoms with Gasteiger partial charge in [0.15, 0.2) is 0 Å². The molecule has 3 heterocycles. The van der Waals surface area contributed by atoms with Crippen molar-refractivity contribution in [1.82, 2.24) is 20.4 Å². The second kappa shape index (κ2) is 10.3. The lowest BCUT2D eigenvalue weighted by atomic mass is 10.0. The Kier molecular flexibility index (Phi) is 7.30. The van der Waals surface area contributed by atoms with E-state index in [0.29, 0.717) is 25.3 Å². The van der Waals surface area contributed by atoms with Crippen molar-refractivity contribution in [3.63, 3.8) is 0 Å². The quantitative estimate of drug-likeness (QED) is 0.425. The van der Waals surface area contributed by atoms with E-state index in [4.69, 9.17) is 9.47 Å². The lowest BCUT2D eigenvalue weighted by molar-refractivity contribution is -0.136. The van der Waals surface area contributed by atoms with Crippen molar-refractivity contribution in [2.24, 2.45) is 0 Å². The van der Waals surface area contributed by atoms with Crippen molar-refractivity contribution < 1.29 is 33.4 Å². The zero-order chi connectivity index (χ0) is 26.0. The van der Waals surface area contributed by atoms with Gasteiger partial charge in [0.25, 0.3) is 11.8 Å². The van der Waals surface area contributed by atoms with Crippen molar-refractivity contribution in [2.75, 3.05) is 26.2 Å². The highest BCUT2D eigenvalue weighted by molar-refractivity contribution is 6.24. The minimum atomic E-state index is -1.01. The molecular weight excluding hydrogens is 468 g/mol. The summed E-state index contributed by atoms with van der Waals surface area (Å²) in [4.78, 5) is 64.9. The van der Waals surface area contributed by atoms with E-state index in [1.54, 1.807) is 12.1 Å². The van der Waals surface area contributed by atoms with E-state index in [2.05, 4.69) is 15.5 Å². The molecule has 2 atom stereocenters. The topological polar surface area (TPSA) is 134 Å². The number of fused-ring (bicyclic) bond motifs is 1. The molecule has 2 fully saturated rings. The van der Waals surface area contributed by atoms with Gasteiger partial charge in [0, 0.05) is 32.1 Å². The Morgan fingerprint density at radius 3 is 2.64 bits per heavy atom. The molecule has 11 heteroatoms. The molecule has 0 saturated carbocycles. The van der Waals surface area contributed by atoms with Gasteiger partial charge < -0.3 is 19.7 Å². The first-order valence-corrected chi connectivity index (χ1v) is 12.2. The number of carbonyl (C=O) groups excluding carboxylic acids is 5. The zero-order valence-electron chi connectivity index (χ0n) is 20.8. The van der Waals surface area contributed by atoms with Crippen LogP contribution in [0.25, 0.3) is 0 Å². The maximum Gasteiger partial charge on any atom is 0.407 e. The molecule has 0 bridgehead atoms. The number of hydrogen-bond donors (Lipinski definition) is 2. The summed E-state index contributed by atoms with van der Waals surface area (Å²) in [6, 6.07) is 3.83. The Balaban J connectivity index is 1.28. The third kappa shape index (κ3) is 5.67. The number of imide groups is 2. The molecule has 1 unspecified atom stereocenters. The Bertz CT molecular complexity index is 1080. The van der Waals surface area contributed by atoms with Crippen LogP contribution >= 0.6 is 0 Å². The van der Waals surface area contributed by atoms with Crippen LogP contribution in [0.2, 0.25) is 0 Å². The molecule has 3 aliphatic heterocycles. The lowest BCUT2D eigenvalue weighted by Crippen LogP contribution is -2.54. The number of benzene rings is 1. The number of likely N-dealkylation sites (tertiary alicyclic amines) is 1. The number of piperidine rings is 1. The van der Waals surface area contributed by atoms with Crippen molar-refractivity contribution in [2.45, 2.75) is 64.1 Å². The molecule has 36 heavy (non-hydrogen) atoms. The first kappa shape index (κ1) is 25.6. The van der Waals surface area contributed by atoms with Gasteiger partial charge in [0.05, 0.1) is 17.7 Å². The summed E-state index contributed by atoms with van der Waals surface area (Å²) in [5.74, 6) is -1.91. The van der Waals surface area contributed by atoms with Gasteiger partial charge in [-0.25, -0.2) is 4.79 Å². The predicted octanol–water partition coefficient (Wildman–Crippen LogP) is 1.46. The second-order valence-corrected chi connectivity index (χ2v) is 10.3. The van der Waals surface area contributed by atoms with Gasteiger partial charge in [-0.3, -0.25) is 29.4 Å². The number of hydrogen-bond acceptors (Lipinski definition) is 8. The molecule has 11 nitrogen and oxygen atoms in total. The number of alkyl carbamates (subject to hydrolysis) is 1. The van der Waals surface area contributed by atoms with Crippen LogP contribution in [0.15, 0.2) is 18.2 Å². The number of rotatable bonds is 7. The number of carbonyl (C=O) groups is 5. The van der Waals surface area contributed by atoms with Gasteiger partial charge in [-0.15, -0.1) is 0 Å². The summed E-state index contributed by atoms with van der Waals surface area (Å²) in [5.41, 5.74) is -0.199. The molecule has 4 rings (SSSR count). The highest BCUT2D eigenvalue weighted by Crippen LogP contribution is 2.33. The molecule has 0 spiro atoms. The fraction of sp³-hybridized carbons (Fsp3) is 0.560. The van der Waals surface area contributed by atoms with E-state index in [1.807, 2.05) is 20.8 Å². The fourth-order valence-corrected chi connectivity index (χ4v) is 4.70. The largest absolute Gasteiger partial charge is 0.493 e. The Hall–Kier alpha value is -3.47. The third-order valence-corrected chi connectivity index (χ3v) is 6.30. The molecule has 2 saturated heterocycles. The highest BCUT2D eigenvalue weighted by Gasteiger charge is 2.46. The monoisotopic (exact) mass is 500 g/mol. The highest BCUT2D eigenvalue weighted by atomic mass is 16.6. The van der Waals surface area contributed by atoms with Crippen LogP contribution in [0.3, 0.4) is 0 Å². The average molecular weight is 501 g/mol. The van der Waals surface area contributed by atoms with Crippen molar-refractivity contribution in [3.05, 3.63) is 29.3 Å². The summed E-state index contributed by atoms with van der Waals surface area (Å²) in [5, 5.41) is 5.09. The Morgan fingerprint density at radius 2 is 1.92 bits per heavy atom. The summed E-state index contributed by atoms with van der Waals surface area (Å²) < 4.78 is 11.2. The van der Waals surface area contributed by atoms with Gasteiger partial charge in [0.2, 0.25) is 11.8 Å². The van der Waals surface area contributed by atoms with Gasteiger partial charge in [-0.2, -0.15) is 0 Å². The van der Waals surface area contributed by atoms with E-state index in [-0.39, 0.29) is 30.0 Å². The fourth-order valence-electron chi connectivity index (χ4n) is 4.70. The molecule has 0 aliphatic carbocycles. The van der Waals surface area contributed by atoms with E-state index >= 15 is 0 Å². The van der Waals surface area contributed by atoms with Crippen LogP contribution in [0.5, 0.6) is 5.75 Å². The lowest BCUT2D eigenvalue weighted by Gasteiger charge is -2.27. The first-order valence-electron chi connectivity index (χ1n) is 12.2. The van der Waals surface area contributed by atoms with E-state index in [1.165, 1.54) is 6.07 Å². The van der Waals surface area contributed by atoms with E-state index in [9.17, 15) is 24.0 Å². The van der Waals surface area contributed by atoms with Gasteiger partial charge in [-0.1, -0.05) is 6.07 Å². The van der Waals surface area contributed by atoms with Crippen LogP contribution in [0.4, 0.5) is 4.79 Å². The van der Waals surface area contributed by atoms with Crippen LogP contribution < -0.4 is 15.4 Å². The van der Waals surface area contributed by atoms with Crippen LogP contribution in [0, 0.1) is 0 Å². The van der Waals surface area contributed by atoms with Gasteiger partial charge in [-0.05, 0) is 52.2 Å². The molecule has 1 aromatic carbocycles. The normalized spacial score (nSPS) is 22.5. The predicted molar refractivity (Wildman–Crippen MR) is 127 cm³/mol. The molecular formula is C25H32N4O7. The zero-order valence-corrected chi connectivity index (χ0v) is 20.8. The average Bonchev–Trinajstić information content (AvgIpc) is 3.33. The molecule has 2 N–H and O–H groups in total. The summed E-state index contributed by atoms with van der Waals surface area (Å²) in [7, 11) is 0.